The molecule has 2 fully saturated rings. The van der Waals surface area contributed by atoms with E-state index in [0.717, 1.165) is 38.5 Å². The van der Waals surface area contributed by atoms with Crippen molar-refractivity contribution in [1.29, 1.82) is 0 Å². The molecule has 152 valence electrons. The second-order valence-corrected chi connectivity index (χ2v) is 9.66. The van der Waals surface area contributed by atoms with E-state index >= 15 is 0 Å². The molecule has 0 heterocycles. The number of aliphatic hydroxyl groups excluding tert-OH is 1. The van der Waals surface area contributed by atoms with Crippen LogP contribution >= 0.6 is 0 Å². The van der Waals surface area contributed by atoms with Crippen LogP contribution in [0.15, 0.2) is 47.1 Å². The molecule has 29 heavy (non-hydrogen) atoms. The molecule has 1 aromatic carbocycles. The van der Waals surface area contributed by atoms with Gasteiger partial charge in [0.05, 0.1) is 6.10 Å². The molecular formula is C25H29NO3. The lowest BCUT2D eigenvalue weighted by atomic mass is 9.53. The minimum absolute atomic E-state index is 0.0759. The third-order valence-corrected chi connectivity index (χ3v) is 8.28. The zero-order valence-corrected chi connectivity index (χ0v) is 17.0. The van der Waals surface area contributed by atoms with Crippen molar-refractivity contribution in [2.24, 2.45) is 23.0 Å². The van der Waals surface area contributed by atoms with Gasteiger partial charge >= 0.3 is 0 Å². The Morgan fingerprint density at radius 2 is 1.86 bits per heavy atom. The molecule has 4 aliphatic carbocycles. The summed E-state index contributed by atoms with van der Waals surface area (Å²) < 4.78 is 0. The molecule has 2 saturated carbocycles. The molecule has 0 aliphatic heterocycles. The number of nitrogens with two attached hydrogens (primary N) is 1. The normalized spacial score (nSPS) is 36.2. The quantitative estimate of drug-likeness (QED) is 0.798. The van der Waals surface area contributed by atoms with Crippen molar-refractivity contribution < 1.29 is 14.7 Å². The predicted molar refractivity (Wildman–Crippen MR) is 111 cm³/mol. The standard InChI is InChI=1S/C25H29NO3/c1-25-13-20(14-2-4-15(5-3-14)24(26)29)23-18-9-7-17(27)12-16(18)6-8-19(23)21(25)10-11-22(25)28/h2-5,12,19-22,28H,6-11,13H2,1H3,(H2,26,29)/t19?,20?,21?,22-,25-/m0/s1. The van der Waals surface area contributed by atoms with Crippen LogP contribution in [-0.2, 0) is 4.79 Å². The monoisotopic (exact) mass is 391 g/mol. The summed E-state index contributed by atoms with van der Waals surface area (Å²) in [6.45, 7) is 2.28. The maximum Gasteiger partial charge on any atom is 0.248 e. The fraction of sp³-hybridized carbons (Fsp3) is 0.520. The maximum absolute atomic E-state index is 12.0. The van der Waals surface area contributed by atoms with Gasteiger partial charge in [0.1, 0.15) is 0 Å². The van der Waals surface area contributed by atoms with Gasteiger partial charge in [0.15, 0.2) is 5.78 Å². The number of benzene rings is 1. The summed E-state index contributed by atoms with van der Waals surface area (Å²) in [5.41, 5.74) is 11.2. The lowest BCUT2D eigenvalue weighted by Crippen LogP contribution is -2.45. The molecule has 4 heteroatoms. The molecular weight excluding hydrogens is 362 g/mol. The first-order valence-corrected chi connectivity index (χ1v) is 10.9. The molecule has 1 amide bonds. The number of carbonyl (C=O) groups excluding carboxylic acids is 2. The van der Waals surface area contributed by atoms with Crippen molar-refractivity contribution in [2.45, 2.75) is 63.9 Å². The highest BCUT2D eigenvalue weighted by molar-refractivity contribution is 5.93. The second-order valence-electron chi connectivity index (χ2n) is 9.66. The van der Waals surface area contributed by atoms with Crippen LogP contribution in [0.1, 0.15) is 73.7 Å². The summed E-state index contributed by atoms with van der Waals surface area (Å²) in [4.78, 5) is 23.6. The minimum atomic E-state index is -0.410. The zero-order chi connectivity index (χ0) is 20.3. The highest BCUT2D eigenvalue weighted by Crippen LogP contribution is 2.63. The summed E-state index contributed by atoms with van der Waals surface area (Å²) in [6.07, 6.45) is 8.02. The predicted octanol–water partition coefficient (Wildman–Crippen LogP) is 4.05. The van der Waals surface area contributed by atoms with Crippen molar-refractivity contribution in [3.05, 3.63) is 58.2 Å². The molecule has 0 aromatic heterocycles. The van der Waals surface area contributed by atoms with E-state index < -0.39 is 5.91 Å². The first-order chi connectivity index (χ1) is 13.9. The second kappa shape index (κ2) is 6.66. The average Bonchev–Trinajstić information content (AvgIpc) is 3.01. The van der Waals surface area contributed by atoms with Gasteiger partial charge in [-0.2, -0.15) is 0 Å². The molecule has 3 N–H and O–H groups in total. The number of amides is 1. The summed E-state index contributed by atoms with van der Waals surface area (Å²) in [6, 6.07) is 7.71. The van der Waals surface area contributed by atoms with Gasteiger partial charge in [0.2, 0.25) is 5.91 Å². The summed E-state index contributed by atoms with van der Waals surface area (Å²) in [5.74, 6) is 1.06. The maximum atomic E-state index is 12.0. The van der Waals surface area contributed by atoms with Crippen LogP contribution in [0, 0.1) is 17.3 Å². The highest BCUT2D eigenvalue weighted by Gasteiger charge is 2.56. The van der Waals surface area contributed by atoms with Gasteiger partial charge in [-0.25, -0.2) is 0 Å². The molecule has 3 unspecified atom stereocenters. The van der Waals surface area contributed by atoms with Crippen molar-refractivity contribution in [1.82, 2.24) is 0 Å². The third kappa shape index (κ3) is 2.83. The van der Waals surface area contributed by atoms with Gasteiger partial charge in [-0.05, 0) is 90.7 Å². The number of aliphatic hydroxyl groups is 1. The molecule has 0 spiro atoms. The van der Waals surface area contributed by atoms with Crippen LogP contribution < -0.4 is 5.73 Å². The van der Waals surface area contributed by atoms with E-state index in [4.69, 9.17) is 5.73 Å². The largest absolute Gasteiger partial charge is 0.393 e. The Morgan fingerprint density at radius 3 is 2.59 bits per heavy atom. The Morgan fingerprint density at radius 1 is 1.10 bits per heavy atom. The molecule has 0 radical (unpaired) electrons. The zero-order valence-electron chi connectivity index (χ0n) is 17.0. The average molecular weight is 392 g/mol. The number of primary amides is 1. The lowest BCUT2D eigenvalue weighted by molar-refractivity contribution is -0.114. The number of hydrogen-bond acceptors (Lipinski definition) is 3. The van der Waals surface area contributed by atoms with E-state index in [1.165, 1.54) is 22.3 Å². The first-order valence-electron chi connectivity index (χ1n) is 10.9. The molecule has 4 aliphatic rings. The highest BCUT2D eigenvalue weighted by atomic mass is 16.3. The molecule has 0 bridgehead atoms. The topological polar surface area (TPSA) is 80.4 Å². The first kappa shape index (κ1) is 18.8. The Kier molecular flexibility index (Phi) is 4.32. The Balaban J connectivity index is 1.65. The number of hydrogen-bond donors (Lipinski definition) is 2. The summed E-state index contributed by atoms with van der Waals surface area (Å²) >= 11 is 0. The number of fused-ring (bicyclic) bond motifs is 4. The van der Waals surface area contributed by atoms with E-state index in [0.29, 0.717) is 23.8 Å². The van der Waals surface area contributed by atoms with Crippen LogP contribution in [-0.4, -0.2) is 22.9 Å². The van der Waals surface area contributed by atoms with Crippen molar-refractivity contribution in [3.8, 4) is 0 Å². The fourth-order valence-corrected chi connectivity index (χ4v) is 6.81. The van der Waals surface area contributed by atoms with Gasteiger partial charge in [-0.1, -0.05) is 24.6 Å². The smallest absolute Gasteiger partial charge is 0.248 e. The minimum Gasteiger partial charge on any atom is -0.393 e. The van der Waals surface area contributed by atoms with E-state index in [1.807, 2.05) is 30.3 Å². The summed E-state index contributed by atoms with van der Waals surface area (Å²) in [7, 11) is 0. The van der Waals surface area contributed by atoms with Gasteiger partial charge < -0.3 is 10.8 Å². The Labute approximate surface area is 171 Å². The number of ketones is 1. The van der Waals surface area contributed by atoms with Crippen LogP contribution in [0.2, 0.25) is 0 Å². The van der Waals surface area contributed by atoms with E-state index in [9.17, 15) is 14.7 Å². The van der Waals surface area contributed by atoms with Crippen LogP contribution in [0.25, 0.3) is 0 Å². The van der Waals surface area contributed by atoms with E-state index in [1.54, 1.807) is 0 Å². The molecule has 5 rings (SSSR count). The van der Waals surface area contributed by atoms with Crippen LogP contribution in [0.3, 0.4) is 0 Å². The van der Waals surface area contributed by atoms with Gasteiger partial charge in [0.25, 0.3) is 0 Å². The van der Waals surface area contributed by atoms with Crippen LogP contribution in [0.4, 0.5) is 0 Å². The number of carbonyl (C=O) groups is 2. The Bertz CT molecular complexity index is 941. The van der Waals surface area contributed by atoms with Crippen molar-refractivity contribution >= 4 is 11.7 Å². The number of rotatable bonds is 2. The fourth-order valence-electron chi connectivity index (χ4n) is 6.81. The molecule has 5 atom stereocenters. The molecule has 1 aromatic rings. The third-order valence-electron chi connectivity index (χ3n) is 8.28. The van der Waals surface area contributed by atoms with E-state index in [-0.39, 0.29) is 23.2 Å². The van der Waals surface area contributed by atoms with Crippen molar-refractivity contribution in [3.63, 3.8) is 0 Å². The van der Waals surface area contributed by atoms with Crippen molar-refractivity contribution in [2.75, 3.05) is 0 Å². The van der Waals surface area contributed by atoms with Crippen LogP contribution in [0.5, 0.6) is 0 Å². The van der Waals surface area contributed by atoms with Gasteiger partial charge in [-0.3, -0.25) is 9.59 Å². The summed E-state index contributed by atoms with van der Waals surface area (Å²) in [5, 5.41) is 10.9. The number of allylic oxidation sites excluding steroid dienone is 4. The SMILES string of the molecule is C[C@]12CC(c3ccc(C(N)=O)cc3)C3=C4CCC(=O)C=C4CCC3C1CC[C@@H]2O. The van der Waals surface area contributed by atoms with Gasteiger partial charge in [-0.15, -0.1) is 0 Å². The Hall–Kier alpha value is -2.20. The molecule has 4 nitrogen and oxygen atoms in total. The van der Waals surface area contributed by atoms with E-state index in [2.05, 4.69) is 6.92 Å². The molecule has 0 saturated heterocycles. The lowest BCUT2D eigenvalue weighted by Gasteiger charge is -2.52. The van der Waals surface area contributed by atoms with Gasteiger partial charge in [0, 0.05) is 17.9 Å².